The highest BCUT2D eigenvalue weighted by Crippen LogP contribution is 2.12. The van der Waals surface area contributed by atoms with Gasteiger partial charge in [-0.1, -0.05) is 0 Å². The fourth-order valence-electron chi connectivity index (χ4n) is 1.50. The molecule has 0 spiro atoms. The third-order valence-corrected chi connectivity index (χ3v) is 2.46. The molecule has 0 aromatic carbocycles. The van der Waals surface area contributed by atoms with Gasteiger partial charge in [-0.25, -0.2) is 9.78 Å². The molecule has 2 aromatic heterocycles. The van der Waals surface area contributed by atoms with E-state index in [2.05, 4.69) is 20.4 Å². The lowest BCUT2D eigenvalue weighted by Gasteiger charge is -2.03. The molecule has 3 N–H and O–H groups in total. The van der Waals surface area contributed by atoms with Crippen LogP contribution in [0.3, 0.4) is 0 Å². The van der Waals surface area contributed by atoms with Gasteiger partial charge in [-0.2, -0.15) is 5.10 Å². The first-order chi connectivity index (χ1) is 8.99. The number of hydrogen-bond donors (Lipinski definition) is 3. The molecule has 0 saturated heterocycles. The van der Waals surface area contributed by atoms with Crippen LogP contribution in [-0.4, -0.2) is 36.7 Å². The van der Waals surface area contributed by atoms with Crippen LogP contribution in [0.5, 0.6) is 0 Å². The number of carbonyl (C=O) groups excluding carboxylic acids is 1. The van der Waals surface area contributed by atoms with Gasteiger partial charge in [0.15, 0.2) is 11.4 Å². The monoisotopic (exact) mass is 263 g/mol. The first kappa shape index (κ1) is 12.8. The Balaban J connectivity index is 2.16. The zero-order chi connectivity index (χ0) is 14.0. The molecular weight excluding hydrogens is 250 g/mol. The highest BCUT2D eigenvalue weighted by Gasteiger charge is 2.20. The summed E-state index contributed by atoms with van der Waals surface area (Å²) in [6.07, 6.45) is 4.32. The van der Waals surface area contributed by atoms with Crippen molar-refractivity contribution in [3.05, 3.63) is 30.1 Å². The smallest absolute Gasteiger partial charge is 0.354 e. The summed E-state index contributed by atoms with van der Waals surface area (Å²) in [6, 6.07) is 0.172. The summed E-state index contributed by atoms with van der Waals surface area (Å²) < 4.78 is 1.68. The van der Waals surface area contributed by atoms with E-state index in [9.17, 15) is 9.59 Å². The Labute approximate surface area is 108 Å². The van der Waals surface area contributed by atoms with E-state index >= 15 is 0 Å². The van der Waals surface area contributed by atoms with Gasteiger partial charge in [0.25, 0.3) is 5.91 Å². The van der Waals surface area contributed by atoms with E-state index in [0.29, 0.717) is 5.69 Å². The van der Waals surface area contributed by atoms with Crippen molar-refractivity contribution in [1.29, 1.82) is 0 Å². The molecule has 0 aliphatic carbocycles. The predicted molar refractivity (Wildman–Crippen MR) is 66.1 cm³/mol. The summed E-state index contributed by atoms with van der Waals surface area (Å²) in [5.74, 6) is -1.83. The number of aromatic nitrogens is 4. The molecule has 8 nitrogen and oxygen atoms in total. The van der Waals surface area contributed by atoms with Crippen LogP contribution in [0.1, 0.15) is 40.9 Å². The molecule has 0 fully saturated rings. The number of H-pyrrole nitrogens is 1. The number of imidazole rings is 1. The molecule has 2 rings (SSSR count). The highest BCUT2D eigenvalue weighted by molar-refractivity contribution is 6.08. The standard InChI is InChI=1S/C11H13N5O3/c1-6(2)16-4-7(3-14-16)15-10(17)8-9(11(18)19)13-5-12-8/h3-6H,1-2H3,(H,12,13)(H,15,17)(H,18,19). The Morgan fingerprint density at radius 3 is 2.79 bits per heavy atom. The van der Waals surface area contributed by atoms with Crippen LogP contribution in [0.2, 0.25) is 0 Å². The molecule has 2 aromatic rings. The third-order valence-electron chi connectivity index (χ3n) is 2.46. The Bertz CT molecular complexity index is 613. The van der Waals surface area contributed by atoms with Gasteiger partial charge < -0.3 is 15.4 Å². The van der Waals surface area contributed by atoms with Crippen LogP contribution < -0.4 is 5.32 Å². The number of anilines is 1. The maximum absolute atomic E-state index is 11.9. The summed E-state index contributed by atoms with van der Waals surface area (Å²) in [4.78, 5) is 28.9. The van der Waals surface area contributed by atoms with Gasteiger partial charge in [0.2, 0.25) is 0 Å². The molecule has 0 atom stereocenters. The van der Waals surface area contributed by atoms with E-state index in [-0.39, 0.29) is 17.4 Å². The Hall–Kier alpha value is -2.64. The van der Waals surface area contributed by atoms with Gasteiger partial charge in [-0.3, -0.25) is 9.48 Å². The number of aromatic amines is 1. The molecule has 19 heavy (non-hydrogen) atoms. The van der Waals surface area contributed by atoms with Gasteiger partial charge in [0.05, 0.1) is 18.2 Å². The highest BCUT2D eigenvalue weighted by atomic mass is 16.4. The lowest BCUT2D eigenvalue weighted by molar-refractivity contribution is 0.0686. The molecule has 100 valence electrons. The third kappa shape index (κ3) is 2.62. The minimum atomic E-state index is -1.24. The fraction of sp³-hybridized carbons (Fsp3) is 0.273. The molecule has 0 bridgehead atoms. The summed E-state index contributed by atoms with van der Waals surface area (Å²) in [6.45, 7) is 3.91. The molecular formula is C11H13N5O3. The van der Waals surface area contributed by atoms with E-state index < -0.39 is 11.9 Å². The summed E-state index contributed by atoms with van der Waals surface area (Å²) in [5.41, 5.74) is 0.0802. The van der Waals surface area contributed by atoms with Gasteiger partial charge in [0.1, 0.15) is 0 Å². The van der Waals surface area contributed by atoms with E-state index in [0.717, 1.165) is 6.33 Å². The molecule has 2 heterocycles. The number of rotatable bonds is 4. The second-order valence-corrected chi connectivity index (χ2v) is 4.19. The number of nitrogens with zero attached hydrogens (tertiary/aromatic N) is 3. The minimum absolute atomic E-state index is 0.162. The van der Waals surface area contributed by atoms with E-state index in [4.69, 9.17) is 5.11 Å². The normalized spacial score (nSPS) is 10.7. The number of amides is 1. The van der Waals surface area contributed by atoms with Crippen LogP contribution in [-0.2, 0) is 0 Å². The topological polar surface area (TPSA) is 113 Å². The Morgan fingerprint density at radius 2 is 2.21 bits per heavy atom. The van der Waals surface area contributed by atoms with Crippen molar-refractivity contribution in [3.63, 3.8) is 0 Å². The van der Waals surface area contributed by atoms with Crippen molar-refractivity contribution in [2.75, 3.05) is 5.32 Å². The molecule has 0 saturated carbocycles. The average Bonchev–Trinajstić information content (AvgIpc) is 2.96. The number of nitrogens with one attached hydrogen (secondary N) is 2. The second kappa shape index (κ2) is 4.92. The van der Waals surface area contributed by atoms with Gasteiger partial charge in [-0.05, 0) is 13.8 Å². The van der Waals surface area contributed by atoms with Crippen LogP contribution in [0, 0.1) is 0 Å². The van der Waals surface area contributed by atoms with Crippen LogP contribution in [0.15, 0.2) is 18.7 Å². The molecule has 0 unspecified atom stereocenters. The maximum Gasteiger partial charge on any atom is 0.354 e. The van der Waals surface area contributed by atoms with Crippen LogP contribution in [0.4, 0.5) is 5.69 Å². The van der Waals surface area contributed by atoms with Crippen LogP contribution in [0.25, 0.3) is 0 Å². The van der Waals surface area contributed by atoms with Crippen molar-refractivity contribution in [2.24, 2.45) is 0 Å². The zero-order valence-corrected chi connectivity index (χ0v) is 10.4. The molecule has 0 aliphatic rings. The number of aromatic carboxylic acids is 1. The lowest BCUT2D eigenvalue weighted by atomic mass is 10.3. The zero-order valence-electron chi connectivity index (χ0n) is 10.4. The van der Waals surface area contributed by atoms with Crippen molar-refractivity contribution in [3.8, 4) is 0 Å². The van der Waals surface area contributed by atoms with E-state index in [1.165, 1.54) is 6.20 Å². The number of carboxylic acids is 1. The van der Waals surface area contributed by atoms with Crippen molar-refractivity contribution in [2.45, 2.75) is 19.9 Å². The lowest BCUT2D eigenvalue weighted by Crippen LogP contribution is -2.16. The minimum Gasteiger partial charge on any atom is -0.477 e. The number of carboxylic acid groups (broad SMARTS) is 1. The Morgan fingerprint density at radius 1 is 1.47 bits per heavy atom. The van der Waals surface area contributed by atoms with E-state index in [1.54, 1.807) is 10.9 Å². The number of carbonyl (C=O) groups is 2. The first-order valence-electron chi connectivity index (χ1n) is 5.61. The molecule has 1 amide bonds. The van der Waals surface area contributed by atoms with Crippen molar-refractivity contribution < 1.29 is 14.7 Å². The molecule has 8 heteroatoms. The quantitative estimate of drug-likeness (QED) is 0.765. The molecule has 0 aliphatic heterocycles. The Kier molecular flexibility index (Phi) is 3.32. The van der Waals surface area contributed by atoms with Crippen LogP contribution >= 0.6 is 0 Å². The largest absolute Gasteiger partial charge is 0.477 e. The summed E-state index contributed by atoms with van der Waals surface area (Å²) >= 11 is 0. The summed E-state index contributed by atoms with van der Waals surface area (Å²) in [5, 5.41) is 15.5. The predicted octanol–water partition coefficient (Wildman–Crippen LogP) is 1.14. The number of hydrogen-bond acceptors (Lipinski definition) is 4. The van der Waals surface area contributed by atoms with Gasteiger partial charge >= 0.3 is 5.97 Å². The van der Waals surface area contributed by atoms with Gasteiger partial charge in [-0.15, -0.1) is 0 Å². The van der Waals surface area contributed by atoms with Crippen molar-refractivity contribution in [1.82, 2.24) is 19.7 Å². The van der Waals surface area contributed by atoms with Gasteiger partial charge in [0, 0.05) is 12.2 Å². The maximum atomic E-state index is 11.9. The average molecular weight is 263 g/mol. The fourth-order valence-corrected chi connectivity index (χ4v) is 1.50. The van der Waals surface area contributed by atoms with Crippen molar-refractivity contribution >= 4 is 17.6 Å². The second-order valence-electron chi connectivity index (χ2n) is 4.19. The SMILES string of the molecule is CC(C)n1cc(NC(=O)c2nc[nH]c2C(=O)O)cn1. The van der Waals surface area contributed by atoms with E-state index in [1.807, 2.05) is 13.8 Å². The first-order valence-corrected chi connectivity index (χ1v) is 5.61. The molecule has 0 radical (unpaired) electrons. The summed E-state index contributed by atoms with van der Waals surface area (Å²) in [7, 11) is 0.